The minimum absolute atomic E-state index is 0.240. The number of para-hydroxylation sites is 2. The molecule has 2 amide bonds. The minimum atomic E-state index is -0.386. The number of hydrogen-bond donors (Lipinski definition) is 1. The third-order valence-electron chi connectivity index (χ3n) is 4.25. The molecule has 29 heavy (non-hydrogen) atoms. The molecule has 1 atom stereocenters. The number of nitrogens with zero attached hydrogens (tertiary/aromatic N) is 1. The van der Waals surface area contributed by atoms with Crippen LogP contribution in [0.25, 0.3) is 6.08 Å². The van der Waals surface area contributed by atoms with E-state index in [1.54, 1.807) is 49.2 Å². The summed E-state index contributed by atoms with van der Waals surface area (Å²) in [6.07, 6.45) is 2.79. The lowest BCUT2D eigenvalue weighted by Crippen LogP contribution is -2.43. The van der Waals surface area contributed by atoms with Gasteiger partial charge in [0.05, 0.1) is 13.2 Å². The first-order chi connectivity index (χ1) is 14.0. The van der Waals surface area contributed by atoms with Crippen molar-refractivity contribution in [1.82, 2.24) is 4.90 Å². The van der Waals surface area contributed by atoms with Crippen LogP contribution in [0.3, 0.4) is 0 Å². The average molecular weight is 396 g/mol. The molecule has 0 fully saturated rings. The van der Waals surface area contributed by atoms with Crippen molar-refractivity contribution in [1.29, 1.82) is 0 Å². The third kappa shape index (κ3) is 5.75. The molecule has 152 valence electrons. The molecule has 0 saturated heterocycles. The Bertz CT molecular complexity index is 879. The molecule has 1 heterocycles. The quantitative estimate of drug-likeness (QED) is 0.597. The highest BCUT2D eigenvalue weighted by Gasteiger charge is 2.23. The predicted molar refractivity (Wildman–Crippen MR) is 110 cm³/mol. The van der Waals surface area contributed by atoms with Crippen LogP contribution in [-0.2, 0) is 9.53 Å². The third-order valence-corrected chi connectivity index (χ3v) is 4.25. The number of fused-ring (bicyclic) bond motifs is 1. The molecular formula is C22H24N2O5. The number of hydrogen-bond acceptors (Lipinski definition) is 5. The Kier molecular flexibility index (Phi) is 6.73. The van der Waals surface area contributed by atoms with Crippen LogP contribution in [0.2, 0.25) is 0 Å². The number of anilines is 1. The van der Waals surface area contributed by atoms with E-state index in [4.69, 9.17) is 14.2 Å². The van der Waals surface area contributed by atoms with Gasteiger partial charge in [0.1, 0.15) is 6.61 Å². The summed E-state index contributed by atoms with van der Waals surface area (Å²) in [6.45, 7) is 2.87. The molecule has 1 aliphatic heterocycles. The summed E-state index contributed by atoms with van der Waals surface area (Å²) in [4.78, 5) is 25.3. The van der Waals surface area contributed by atoms with E-state index in [0.717, 1.165) is 5.56 Å². The summed E-state index contributed by atoms with van der Waals surface area (Å²) in [5, 5.41) is 2.84. The van der Waals surface area contributed by atoms with Crippen LogP contribution in [0.1, 0.15) is 12.5 Å². The van der Waals surface area contributed by atoms with Gasteiger partial charge in [-0.15, -0.1) is 0 Å². The molecule has 0 unspecified atom stereocenters. The van der Waals surface area contributed by atoms with E-state index in [-0.39, 0.29) is 18.1 Å². The van der Waals surface area contributed by atoms with Gasteiger partial charge in [0.2, 0.25) is 0 Å². The second kappa shape index (κ2) is 9.64. The smallest absolute Gasteiger partial charge is 0.330 e. The van der Waals surface area contributed by atoms with E-state index in [1.165, 1.54) is 6.08 Å². The second-order valence-electron chi connectivity index (χ2n) is 6.52. The Balaban J connectivity index is 1.50. The van der Waals surface area contributed by atoms with Crippen LogP contribution < -0.4 is 14.8 Å². The Morgan fingerprint density at radius 3 is 2.62 bits per heavy atom. The Morgan fingerprint density at radius 1 is 1.17 bits per heavy atom. The van der Waals surface area contributed by atoms with Crippen LogP contribution in [0.4, 0.5) is 10.5 Å². The number of esters is 1. The zero-order chi connectivity index (χ0) is 20.6. The summed E-state index contributed by atoms with van der Waals surface area (Å²) >= 11 is 0. The monoisotopic (exact) mass is 396 g/mol. The summed E-state index contributed by atoms with van der Waals surface area (Å²) in [6, 6.07) is 14.4. The molecule has 2 aromatic rings. The molecule has 0 aromatic heterocycles. The van der Waals surface area contributed by atoms with Gasteiger partial charge >= 0.3 is 12.0 Å². The fourth-order valence-corrected chi connectivity index (χ4v) is 2.79. The molecule has 0 aliphatic carbocycles. The van der Waals surface area contributed by atoms with E-state index in [2.05, 4.69) is 5.32 Å². The van der Waals surface area contributed by atoms with Gasteiger partial charge in [-0.2, -0.15) is 0 Å². The summed E-state index contributed by atoms with van der Waals surface area (Å²) in [7, 11) is 1.70. The number of ether oxygens (including phenoxy) is 3. The van der Waals surface area contributed by atoms with Crippen molar-refractivity contribution in [3.05, 3.63) is 60.2 Å². The lowest BCUT2D eigenvalue weighted by molar-refractivity contribution is -0.137. The van der Waals surface area contributed by atoms with Gasteiger partial charge in [-0.1, -0.05) is 24.3 Å². The number of carbonyl (C=O) groups excluding carboxylic acids is 2. The number of urea groups is 1. The first kappa shape index (κ1) is 20.3. The molecule has 1 aliphatic rings. The number of nitrogens with one attached hydrogen (secondary N) is 1. The molecular weight excluding hydrogens is 372 g/mol. The minimum Gasteiger partial charge on any atom is -0.486 e. The lowest BCUT2D eigenvalue weighted by atomic mass is 10.2. The van der Waals surface area contributed by atoms with Crippen LogP contribution in [0.5, 0.6) is 11.5 Å². The summed E-state index contributed by atoms with van der Waals surface area (Å²) in [5.41, 5.74) is 1.48. The fourth-order valence-electron chi connectivity index (χ4n) is 2.79. The van der Waals surface area contributed by atoms with Crippen molar-refractivity contribution in [2.24, 2.45) is 0 Å². The molecule has 0 spiro atoms. The van der Waals surface area contributed by atoms with Crippen molar-refractivity contribution in [3.63, 3.8) is 0 Å². The fraction of sp³-hybridized carbons (Fsp3) is 0.273. The normalized spacial score (nSPS) is 15.0. The number of carbonyl (C=O) groups is 2. The molecule has 0 bridgehead atoms. The standard InChI is InChI=1S/C22H24N2O5/c1-3-27-21(25)13-10-16-8-11-17(12-9-16)23-22(26)24(2)14-18-15-28-19-6-4-5-7-20(19)29-18/h4-13,18H,3,14-15H2,1-2H3,(H,23,26)/b13-10+/t18-/m1/s1. The van der Waals surface area contributed by atoms with Crippen LogP contribution in [0, 0.1) is 0 Å². The maximum absolute atomic E-state index is 12.4. The predicted octanol–water partition coefficient (Wildman–Crippen LogP) is 3.57. The number of amides is 2. The highest BCUT2D eigenvalue weighted by atomic mass is 16.6. The molecule has 0 radical (unpaired) electrons. The maximum atomic E-state index is 12.4. The number of benzene rings is 2. The first-order valence-corrected chi connectivity index (χ1v) is 9.40. The van der Waals surface area contributed by atoms with E-state index in [1.807, 2.05) is 24.3 Å². The number of likely N-dealkylation sites (N-methyl/N-ethyl adjacent to an activating group) is 1. The van der Waals surface area contributed by atoms with E-state index < -0.39 is 0 Å². The SMILES string of the molecule is CCOC(=O)/C=C/c1ccc(NC(=O)N(C)C[C@@H]2COc3ccccc3O2)cc1. The first-order valence-electron chi connectivity index (χ1n) is 9.40. The maximum Gasteiger partial charge on any atom is 0.330 e. The van der Waals surface area contributed by atoms with E-state index >= 15 is 0 Å². The topological polar surface area (TPSA) is 77.1 Å². The van der Waals surface area contributed by atoms with Crippen molar-refractivity contribution in [2.45, 2.75) is 13.0 Å². The van der Waals surface area contributed by atoms with E-state index in [0.29, 0.717) is 36.9 Å². The van der Waals surface area contributed by atoms with Crippen molar-refractivity contribution in [3.8, 4) is 11.5 Å². The van der Waals surface area contributed by atoms with Gasteiger partial charge in [0.15, 0.2) is 17.6 Å². The average Bonchev–Trinajstić information content (AvgIpc) is 2.73. The van der Waals surface area contributed by atoms with E-state index in [9.17, 15) is 9.59 Å². The second-order valence-corrected chi connectivity index (χ2v) is 6.52. The van der Waals surface area contributed by atoms with Crippen molar-refractivity contribution < 1.29 is 23.8 Å². The molecule has 1 N–H and O–H groups in total. The Morgan fingerprint density at radius 2 is 1.90 bits per heavy atom. The van der Waals surface area contributed by atoms with Gasteiger partial charge in [-0.3, -0.25) is 0 Å². The molecule has 0 saturated carbocycles. The van der Waals surface area contributed by atoms with Crippen LogP contribution in [0.15, 0.2) is 54.6 Å². The number of rotatable bonds is 6. The molecule has 2 aromatic carbocycles. The van der Waals surface area contributed by atoms with Gasteiger partial charge in [-0.25, -0.2) is 9.59 Å². The highest BCUT2D eigenvalue weighted by Crippen LogP contribution is 2.30. The van der Waals surface area contributed by atoms with Crippen molar-refractivity contribution >= 4 is 23.8 Å². The highest BCUT2D eigenvalue weighted by molar-refractivity contribution is 5.90. The summed E-state index contributed by atoms with van der Waals surface area (Å²) in [5.74, 6) is 1.01. The molecule has 3 rings (SSSR count). The Hall–Kier alpha value is -3.48. The molecule has 7 heteroatoms. The molecule has 7 nitrogen and oxygen atoms in total. The Labute approximate surface area is 169 Å². The van der Waals surface area contributed by atoms with Gasteiger partial charge in [0.25, 0.3) is 0 Å². The van der Waals surface area contributed by atoms with Gasteiger partial charge in [0, 0.05) is 18.8 Å². The zero-order valence-electron chi connectivity index (χ0n) is 16.5. The van der Waals surface area contributed by atoms with Gasteiger partial charge in [-0.05, 0) is 42.8 Å². The van der Waals surface area contributed by atoms with Crippen LogP contribution >= 0.6 is 0 Å². The zero-order valence-corrected chi connectivity index (χ0v) is 16.5. The lowest BCUT2D eigenvalue weighted by Gasteiger charge is -2.29. The van der Waals surface area contributed by atoms with Crippen LogP contribution in [-0.4, -0.2) is 49.8 Å². The summed E-state index contributed by atoms with van der Waals surface area (Å²) < 4.78 is 16.4. The van der Waals surface area contributed by atoms with Crippen molar-refractivity contribution in [2.75, 3.05) is 32.1 Å². The largest absolute Gasteiger partial charge is 0.486 e. The van der Waals surface area contributed by atoms with Gasteiger partial charge < -0.3 is 24.4 Å².